The average molecular weight is 552 g/mol. The van der Waals surface area contributed by atoms with E-state index in [4.69, 9.17) is 38.5 Å². The van der Waals surface area contributed by atoms with Crippen LogP contribution in [0.15, 0.2) is 48.8 Å². The van der Waals surface area contributed by atoms with Crippen molar-refractivity contribution in [3.8, 4) is 17.3 Å². The largest absolute Gasteiger partial charge is 0.368 e. The summed E-state index contributed by atoms with van der Waals surface area (Å²) in [6.45, 7) is 5.65. The monoisotopic (exact) mass is 550 g/mol. The summed E-state index contributed by atoms with van der Waals surface area (Å²) in [5, 5.41) is 21.6. The normalized spacial score (nSPS) is 11.2. The van der Waals surface area contributed by atoms with Crippen LogP contribution in [0.4, 0.5) is 11.6 Å². The van der Waals surface area contributed by atoms with Crippen molar-refractivity contribution in [1.82, 2.24) is 24.5 Å². The van der Waals surface area contributed by atoms with Gasteiger partial charge in [-0.05, 0) is 82.2 Å². The van der Waals surface area contributed by atoms with Crippen LogP contribution in [-0.2, 0) is 6.42 Å². The highest BCUT2D eigenvalue weighted by atomic mass is 35.5. The zero-order valence-corrected chi connectivity index (χ0v) is 23.2. The second-order valence-electron chi connectivity index (χ2n) is 9.22. The average Bonchev–Trinajstić information content (AvgIpc) is 3.32. The van der Waals surface area contributed by atoms with Crippen molar-refractivity contribution in [3.05, 3.63) is 70.1 Å². The van der Waals surface area contributed by atoms with Crippen molar-refractivity contribution >= 4 is 40.4 Å². The third kappa shape index (κ3) is 7.35. The van der Waals surface area contributed by atoms with Crippen LogP contribution in [0.1, 0.15) is 37.4 Å². The predicted octanol–water partition coefficient (Wildman–Crippen LogP) is 6.16. The van der Waals surface area contributed by atoms with Gasteiger partial charge in [-0.1, -0.05) is 30.1 Å². The number of nitrogens with zero attached hydrogens (tertiary/aromatic N) is 6. The molecule has 0 aliphatic rings. The number of halogens is 2. The van der Waals surface area contributed by atoms with E-state index in [0.29, 0.717) is 40.2 Å². The zero-order chi connectivity index (χ0) is 26.9. The number of nitriles is 1. The molecule has 4 rings (SSSR count). The quantitative estimate of drug-likeness (QED) is 0.192. The number of aryl methyl sites for hydroxylation is 1. The molecule has 1 aromatic carbocycles. The second-order valence-corrected chi connectivity index (χ2v) is 10.1. The molecule has 3 heterocycles. The van der Waals surface area contributed by atoms with Gasteiger partial charge in [0.1, 0.15) is 17.4 Å². The van der Waals surface area contributed by atoms with Crippen LogP contribution in [-0.4, -0.2) is 57.7 Å². The lowest BCUT2D eigenvalue weighted by Gasteiger charge is -2.14. The molecule has 4 aromatic rings. The van der Waals surface area contributed by atoms with Crippen molar-refractivity contribution in [3.63, 3.8) is 0 Å². The molecule has 0 amide bonds. The molecule has 0 spiro atoms. The van der Waals surface area contributed by atoms with E-state index in [2.05, 4.69) is 46.6 Å². The third-order valence-electron chi connectivity index (χ3n) is 6.16. The lowest BCUT2D eigenvalue weighted by Crippen LogP contribution is -2.20. The smallest absolute Gasteiger partial charge is 0.152 e. The summed E-state index contributed by atoms with van der Waals surface area (Å²) < 4.78 is 1.88. The summed E-state index contributed by atoms with van der Waals surface area (Å²) in [5.74, 6) is 1.44. The van der Waals surface area contributed by atoms with Crippen molar-refractivity contribution in [2.45, 2.75) is 32.6 Å². The number of pyridine rings is 1. The van der Waals surface area contributed by atoms with Gasteiger partial charge in [0.2, 0.25) is 0 Å². The van der Waals surface area contributed by atoms with E-state index in [0.717, 1.165) is 54.9 Å². The standard InChI is InChI=1S/C28H32Cl2N8/c1-3-13-37(2)14-5-4-6-22-16-26-28(33-12-11-32-27-10-7-20(17-31)18-34-27)35-25(19-38(26)36-22)23-9-8-21(29)15-24(23)30/h7-10,15-16,18-19H,3-6,11-14H2,1-2H3,(H,32,34)(H,33,35). The van der Waals surface area contributed by atoms with Gasteiger partial charge in [0.15, 0.2) is 5.82 Å². The number of hydrogen-bond donors (Lipinski definition) is 2. The molecule has 0 saturated carbocycles. The molecular formula is C28H32Cl2N8. The molecule has 0 atom stereocenters. The molecule has 0 aliphatic heterocycles. The Labute approximate surface area is 233 Å². The van der Waals surface area contributed by atoms with E-state index in [-0.39, 0.29) is 0 Å². The Hall–Kier alpha value is -3.38. The molecule has 0 fully saturated rings. The number of benzene rings is 1. The maximum absolute atomic E-state index is 8.94. The van der Waals surface area contributed by atoms with Crippen LogP contribution in [0.25, 0.3) is 16.8 Å². The van der Waals surface area contributed by atoms with Crippen LogP contribution in [0.3, 0.4) is 0 Å². The van der Waals surface area contributed by atoms with Gasteiger partial charge in [-0.3, -0.25) is 0 Å². The van der Waals surface area contributed by atoms with E-state index >= 15 is 0 Å². The Bertz CT molecular complexity index is 1390. The Morgan fingerprint density at radius 1 is 1.05 bits per heavy atom. The maximum atomic E-state index is 8.94. The van der Waals surface area contributed by atoms with Crippen LogP contribution in [0, 0.1) is 11.3 Å². The number of fused-ring (bicyclic) bond motifs is 1. The van der Waals surface area contributed by atoms with Crippen LogP contribution in [0.2, 0.25) is 10.0 Å². The molecule has 0 bridgehead atoms. The molecule has 10 heteroatoms. The minimum atomic E-state index is 0.530. The van der Waals surface area contributed by atoms with Crippen molar-refractivity contribution < 1.29 is 0 Å². The van der Waals surface area contributed by atoms with Gasteiger partial charge < -0.3 is 15.5 Å². The fourth-order valence-corrected chi connectivity index (χ4v) is 4.74. The highest BCUT2D eigenvalue weighted by Gasteiger charge is 2.14. The molecule has 0 radical (unpaired) electrons. The van der Waals surface area contributed by atoms with E-state index in [1.807, 2.05) is 16.8 Å². The first-order valence-electron chi connectivity index (χ1n) is 12.8. The number of rotatable bonds is 13. The molecule has 8 nitrogen and oxygen atoms in total. The predicted molar refractivity (Wildman–Crippen MR) is 155 cm³/mol. The molecule has 198 valence electrons. The van der Waals surface area contributed by atoms with Crippen LogP contribution >= 0.6 is 23.2 Å². The van der Waals surface area contributed by atoms with E-state index in [1.165, 1.54) is 6.42 Å². The molecule has 2 N–H and O–H groups in total. The Kier molecular flexibility index (Phi) is 9.77. The number of aromatic nitrogens is 4. The molecule has 3 aromatic heterocycles. The van der Waals surface area contributed by atoms with Gasteiger partial charge in [-0.2, -0.15) is 10.4 Å². The van der Waals surface area contributed by atoms with Gasteiger partial charge in [0.05, 0.1) is 28.2 Å². The van der Waals surface area contributed by atoms with Gasteiger partial charge >= 0.3 is 0 Å². The number of nitrogens with one attached hydrogen (secondary N) is 2. The first-order chi connectivity index (χ1) is 18.5. The molecular weight excluding hydrogens is 519 g/mol. The van der Waals surface area contributed by atoms with E-state index in [1.54, 1.807) is 30.5 Å². The Morgan fingerprint density at radius 2 is 1.89 bits per heavy atom. The fourth-order valence-electron chi connectivity index (χ4n) is 4.24. The maximum Gasteiger partial charge on any atom is 0.152 e. The van der Waals surface area contributed by atoms with Gasteiger partial charge in [0, 0.05) is 29.9 Å². The molecule has 0 saturated heterocycles. The van der Waals surface area contributed by atoms with Crippen molar-refractivity contribution in [2.75, 3.05) is 43.9 Å². The highest BCUT2D eigenvalue weighted by Crippen LogP contribution is 2.31. The topological polar surface area (TPSA) is 94.2 Å². The van der Waals surface area contributed by atoms with Crippen LogP contribution in [0.5, 0.6) is 0 Å². The molecule has 0 aliphatic carbocycles. The summed E-state index contributed by atoms with van der Waals surface area (Å²) in [6, 6.07) is 13.1. The first-order valence-corrected chi connectivity index (χ1v) is 13.6. The summed E-state index contributed by atoms with van der Waals surface area (Å²) in [6.07, 6.45) is 7.75. The van der Waals surface area contributed by atoms with Crippen LogP contribution < -0.4 is 10.6 Å². The van der Waals surface area contributed by atoms with Crippen molar-refractivity contribution in [1.29, 1.82) is 5.26 Å². The van der Waals surface area contributed by atoms with E-state index < -0.39 is 0 Å². The van der Waals surface area contributed by atoms with Gasteiger partial charge in [-0.15, -0.1) is 0 Å². The van der Waals surface area contributed by atoms with Gasteiger partial charge in [-0.25, -0.2) is 14.5 Å². The minimum absolute atomic E-state index is 0.530. The fraction of sp³-hybridized carbons (Fsp3) is 0.357. The molecule has 0 unspecified atom stereocenters. The van der Waals surface area contributed by atoms with Crippen molar-refractivity contribution in [2.24, 2.45) is 0 Å². The SMILES string of the molecule is CCCN(C)CCCCc1cc2c(NCCNc3ccc(C#N)cn3)nc(-c3ccc(Cl)cc3Cl)cn2n1. The van der Waals surface area contributed by atoms with Gasteiger partial charge in [0.25, 0.3) is 0 Å². The highest BCUT2D eigenvalue weighted by molar-refractivity contribution is 6.36. The summed E-state index contributed by atoms with van der Waals surface area (Å²) in [5.41, 5.74) is 3.97. The first kappa shape index (κ1) is 27.6. The summed E-state index contributed by atoms with van der Waals surface area (Å²) >= 11 is 12.6. The molecule has 38 heavy (non-hydrogen) atoms. The number of unbranched alkanes of at least 4 members (excludes halogenated alkanes) is 1. The van der Waals surface area contributed by atoms with E-state index in [9.17, 15) is 0 Å². The number of anilines is 2. The zero-order valence-electron chi connectivity index (χ0n) is 21.7. The minimum Gasteiger partial charge on any atom is -0.368 e. The lowest BCUT2D eigenvalue weighted by atomic mass is 10.1. The number of hydrogen-bond acceptors (Lipinski definition) is 7. The summed E-state index contributed by atoms with van der Waals surface area (Å²) in [4.78, 5) is 11.5. The summed E-state index contributed by atoms with van der Waals surface area (Å²) in [7, 11) is 2.17. The third-order valence-corrected chi connectivity index (χ3v) is 6.70. The second kappa shape index (κ2) is 13.4. The Balaban J connectivity index is 1.50. The lowest BCUT2D eigenvalue weighted by molar-refractivity contribution is 0.326. The Morgan fingerprint density at radius 3 is 2.63 bits per heavy atom.